The van der Waals surface area contributed by atoms with Gasteiger partial charge in [-0.1, -0.05) is 44.2 Å². The van der Waals surface area contributed by atoms with Gasteiger partial charge in [0.25, 0.3) is 5.91 Å². The summed E-state index contributed by atoms with van der Waals surface area (Å²) in [5.41, 5.74) is 0.759. The molecule has 0 bridgehead atoms. The second-order valence-electron chi connectivity index (χ2n) is 6.62. The number of nitrogens with zero attached hydrogens (tertiary/aromatic N) is 1. The van der Waals surface area contributed by atoms with E-state index >= 15 is 0 Å². The summed E-state index contributed by atoms with van der Waals surface area (Å²) in [6, 6.07) is 11.3. The SMILES string of the molecule is CC(C)C1(C(=O)O)CCN(C(=O)c2occc2-c2ccccc2)C1. The van der Waals surface area contributed by atoms with Crippen molar-refractivity contribution in [2.75, 3.05) is 13.1 Å². The van der Waals surface area contributed by atoms with Gasteiger partial charge < -0.3 is 14.4 Å². The molecular weight excluding hydrogens is 306 g/mol. The van der Waals surface area contributed by atoms with Crippen molar-refractivity contribution < 1.29 is 19.1 Å². The fourth-order valence-electron chi connectivity index (χ4n) is 3.36. The number of furan rings is 1. The van der Waals surface area contributed by atoms with E-state index < -0.39 is 11.4 Å². The molecule has 0 saturated carbocycles. The fraction of sp³-hybridized carbons (Fsp3) is 0.368. The van der Waals surface area contributed by atoms with Gasteiger partial charge in [-0.25, -0.2) is 0 Å². The van der Waals surface area contributed by atoms with Crippen LogP contribution >= 0.6 is 0 Å². The minimum atomic E-state index is -0.880. The van der Waals surface area contributed by atoms with E-state index in [1.54, 1.807) is 11.0 Å². The van der Waals surface area contributed by atoms with E-state index in [9.17, 15) is 14.7 Å². The summed E-state index contributed by atoms with van der Waals surface area (Å²) in [6.07, 6.45) is 1.96. The van der Waals surface area contributed by atoms with E-state index in [2.05, 4.69) is 0 Å². The van der Waals surface area contributed by atoms with Crippen LogP contribution in [-0.2, 0) is 4.79 Å². The molecule has 5 nitrogen and oxygen atoms in total. The van der Waals surface area contributed by atoms with Crippen LogP contribution in [-0.4, -0.2) is 35.0 Å². The lowest BCUT2D eigenvalue weighted by atomic mass is 9.76. The van der Waals surface area contributed by atoms with Gasteiger partial charge in [0.15, 0.2) is 5.76 Å². The number of hydrogen-bond acceptors (Lipinski definition) is 3. The van der Waals surface area contributed by atoms with Crippen LogP contribution in [0, 0.1) is 11.3 Å². The molecule has 1 aromatic carbocycles. The number of benzene rings is 1. The standard InChI is InChI=1S/C19H21NO4/c1-13(2)19(18(22)23)9-10-20(12-19)17(21)16-15(8-11-24-16)14-6-4-3-5-7-14/h3-8,11,13H,9-10,12H2,1-2H3,(H,22,23). The first-order valence-electron chi connectivity index (χ1n) is 8.11. The maximum absolute atomic E-state index is 12.9. The Bertz CT molecular complexity index is 750. The Balaban J connectivity index is 1.87. The van der Waals surface area contributed by atoms with Crippen molar-refractivity contribution in [2.24, 2.45) is 11.3 Å². The monoisotopic (exact) mass is 327 g/mol. The number of carbonyl (C=O) groups is 2. The lowest BCUT2D eigenvalue weighted by Crippen LogP contribution is -2.40. The first-order chi connectivity index (χ1) is 11.5. The molecule has 2 aromatic rings. The van der Waals surface area contributed by atoms with E-state index in [0.29, 0.717) is 13.0 Å². The van der Waals surface area contributed by atoms with E-state index in [1.165, 1.54) is 6.26 Å². The van der Waals surface area contributed by atoms with Crippen molar-refractivity contribution in [1.29, 1.82) is 0 Å². The number of rotatable bonds is 4. The molecule has 1 aliphatic heterocycles. The smallest absolute Gasteiger partial charge is 0.311 e. The lowest BCUT2D eigenvalue weighted by Gasteiger charge is -2.28. The zero-order valence-electron chi connectivity index (χ0n) is 13.9. The number of likely N-dealkylation sites (tertiary alicyclic amines) is 1. The van der Waals surface area contributed by atoms with Crippen molar-refractivity contribution in [1.82, 2.24) is 4.90 Å². The predicted molar refractivity (Wildman–Crippen MR) is 89.6 cm³/mol. The van der Waals surface area contributed by atoms with E-state index in [1.807, 2.05) is 44.2 Å². The molecule has 1 unspecified atom stereocenters. The Morgan fingerprint density at radius 2 is 1.92 bits per heavy atom. The average molecular weight is 327 g/mol. The van der Waals surface area contributed by atoms with Crippen molar-refractivity contribution in [3.05, 3.63) is 48.4 Å². The molecule has 24 heavy (non-hydrogen) atoms. The van der Waals surface area contributed by atoms with E-state index in [0.717, 1.165) is 11.1 Å². The third-order valence-electron chi connectivity index (χ3n) is 5.06. The van der Waals surface area contributed by atoms with Gasteiger partial charge >= 0.3 is 5.97 Å². The van der Waals surface area contributed by atoms with Gasteiger partial charge in [0.2, 0.25) is 0 Å². The number of carboxylic acids is 1. The molecule has 0 aliphatic carbocycles. The maximum Gasteiger partial charge on any atom is 0.311 e. The minimum absolute atomic E-state index is 0.0435. The molecule has 1 aliphatic rings. The number of carbonyl (C=O) groups excluding carboxylic acids is 1. The van der Waals surface area contributed by atoms with Gasteiger partial charge in [-0.05, 0) is 24.0 Å². The molecule has 1 aromatic heterocycles. The highest BCUT2D eigenvalue weighted by Gasteiger charge is 2.49. The molecule has 1 fully saturated rings. The number of carboxylic acid groups (broad SMARTS) is 1. The molecular formula is C19H21NO4. The highest BCUT2D eigenvalue weighted by Crippen LogP contribution is 2.39. The fourth-order valence-corrected chi connectivity index (χ4v) is 3.36. The summed E-state index contributed by atoms with van der Waals surface area (Å²) in [5, 5.41) is 9.64. The van der Waals surface area contributed by atoms with Crippen molar-refractivity contribution in [2.45, 2.75) is 20.3 Å². The zero-order chi connectivity index (χ0) is 17.3. The highest BCUT2D eigenvalue weighted by atomic mass is 16.4. The first-order valence-corrected chi connectivity index (χ1v) is 8.11. The quantitative estimate of drug-likeness (QED) is 0.932. The maximum atomic E-state index is 12.9. The van der Waals surface area contributed by atoms with Crippen LogP contribution in [0.4, 0.5) is 0 Å². The van der Waals surface area contributed by atoms with Crippen molar-refractivity contribution >= 4 is 11.9 Å². The second-order valence-corrected chi connectivity index (χ2v) is 6.62. The van der Waals surface area contributed by atoms with Crippen LogP contribution in [0.1, 0.15) is 30.8 Å². The van der Waals surface area contributed by atoms with Crippen LogP contribution in [0.2, 0.25) is 0 Å². The zero-order valence-corrected chi connectivity index (χ0v) is 13.9. The lowest BCUT2D eigenvalue weighted by molar-refractivity contribution is -0.150. The van der Waals surface area contributed by atoms with Gasteiger partial charge in [-0.2, -0.15) is 0 Å². The molecule has 1 atom stereocenters. The Kier molecular flexibility index (Phi) is 4.18. The number of amides is 1. The topological polar surface area (TPSA) is 70.8 Å². The normalized spacial score (nSPS) is 20.5. The van der Waals surface area contributed by atoms with Crippen LogP contribution < -0.4 is 0 Å². The minimum Gasteiger partial charge on any atom is -0.481 e. The molecule has 5 heteroatoms. The molecule has 126 valence electrons. The molecule has 3 rings (SSSR count). The van der Waals surface area contributed by atoms with Gasteiger partial charge in [-0.3, -0.25) is 9.59 Å². The van der Waals surface area contributed by atoms with Crippen molar-refractivity contribution in [3.8, 4) is 11.1 Å². The Hall–Kier alpha value is -2.56. The summed E-state index contributed by atoms with van der Waals surface area (Å²) < 4.78 is 5.44. The van der Waals surface area contributed by atoms with E-state index in [4.69, 9.17) is 4.42 Å². The van der Waals surface area contributed by atoms with Crippen molar-refractivity contribution in [3.63, 3.8) is 0 Å². The van der Waals surface area contributed by atoms with Crippen LogP contribution in [0.25, 0.3) is 11.1 Å². The average Bonchev–Trinajstić information content (AvgIpc) is 3.23. The summed E-state index contributed by atoms with van der Waals surface area (Å²) in [6.45, 7) is 4.43. The Morgan fingerprint density at radius 3 is 2.50 bits per heavy atom. The van der Waals surface area contributed by atoms with Crippen LogP contribution in [0.15, 0.2) is 47.1 Å². The summed E-state index contributed by atoms with van der Waals surface area (Å²) in [7, 11) is 0. The predicted octanol–water partition coefficient (Wildman–Crippen LogP) is 3.52. The summed E-state index contributed by atoms with van der Waals surface area (Å²) >= 11 is 0. The van der Waals surface area contributed by atoms with Crippen LogP contribution in [0.3, 0.4) is 0 Å². The Labute approximate surface area is 140 Å². The highest BCUT2D eigenvalue weighted by molar-refractivity contribution is 5.98. The third kappa shape index (κ3) is 2.60. The number of hydrogen-bond donors (Lipinski definition) is 1. The van der Waals surface area contributed by atoms with E-state index in [-0.39, 0.29) is 24.1 Å². The van der Waals surface area contributed by atoms with Gasteiger partial charge in [-0.15, -0.1) is 0 Å². The van der Waals surface area contributed by atoms with Gasteiger partial charge in [0, 0.05) is 18.7 Å². The molecule has 0 spiro atoms. The third-order valence-corrected chi connectivity index (χ3v) is 5.06. The van der Waals surface area contributed by atoms with Crippen LogP contribution in [0.5, 0.6) is 0 Å². The molecule has 2 heterocycles. The molecule has 1 N–H and O–H groups in total. The van der Waals surface area contributed by atoms with Gasteiger partial charge in [0.1, 0.15) is 0 Å². The molecule has 1 saturated heterocycles. The molecule has 1 amide bonds. The summed E-state index contributed by atoms with van der Waals surface area (Å²) in [5.74, 6) is -0.859. The Morgan fingerprint density at radius 1 is 1.21 bits per heavy atom. The summed E-state index contributed by atoms with van der Waals surface area (Å²) in [4.78, 5) is 26.2. The molecule has 0 radical (unpaired) electrons. The van der Waals surface area contributed by atoms with Gasteiger partial charge in [0.05, 0.1) is 11.7 Å². The second kappa shape index (κ2) is 6.15. The number of aliphatic carboxylic acids is 1. The first kappa shape index (κ1) is 16.3. The largest absolute Gasteiger partial charge is 0.481 e.